The summed E-state index contributed by atoms with van der Waals surface area (Å²) in [5, 5.41) is 9.03. The molecule has 140 valence electrons. The van der Waals surface area contributed by atoms with Crippen molar-refractivity contribution in [3.05, 3.63) is 102 Å². The van der Waals surface area contributed by atoms with Crippen molar-refractivity contribution in [3.8, 4) is 11.1 Å². The molecule has 0 unspecified atom stereocenters. The van der Waals surface area contributed by atoms with Crippen LogP contribution in [-0.4, -0.2) is 14.8 Å². The minimum Gasteiger partial charge on any atom is -0.740 e. The monoisotopic (exact) mass is 384 g/mol. The highest BCUT2D eigenvalue weighted by molar-refractivity contribution is 7.58. The maximum Gasteiger partial charge on any atom is 0.135 e. The fourth-order valence-electron chi connectivity index (χ4n) is 3.39. The molecule has 1 heterocycles. The van der Waals surface area contributed by atoms with E-state index in [1.807, 2.05) is 12.1 Å². The number of nitrogens with zero attached hydrogens (tertiary/aromatic N) is 3. The van der Waals surface area contributed by atoms with E-state index >= 15 is 0 Å². The van der Waals surface area contributed by atoms with E-state index in [-0.39, 0.29) is 0 Å². The minimum absolute atomic E-state index is 0.573. The van der Waals surface area contributed by atoms with Crippen molar-refractivity contribution in [2.75, 3.05) is 0 Å². The van der Waals surface area contributed by atoms with Crippen LogP contribution in [0.5, 0.6) is 0 Å². The minimum atomic E-state index is 0.573. The lowest BCUT2D eigenvalue weighted by atomic mass is 10.0. The van der Waals surface area contributed by atoms with Gasteiger partial charge in [0.15, 0.2) is 0 Å². The van der Waals surface area contributed by atoms with Crippen LogP contribution >= 0.6 is 0 Å². The summed E-state index contributed by atoms with van der Waals surface area (Å²) in [5.74, 6) is 0.936. The Hall–Kier alpha value is -2.98. The zero-order valence-electron chi connectivity index (χ0n) is 15.7. The van der Waals surface area contributed by atoms with Gasteiger partial charge in [0.2, 0.25) is 0 Å². The molecule has 0 aliphatic heterocycles. The van der Waals surface area contributed by atoms with Gasteiger partial charge in [-0.1, -0.05) is 84.9 Å². The fourth-order valence-corrected chi connectivity index (χ4v) is 3.63. The molecule has 0 saturated heterocycles. The summed E-state index contributed by atoms with van der Waals surface area (Å²) in [6, 6.07) is 29.6. The third-order valence-corrected chi connectivity index (χ3v) is 5.21. The Morgan fingerprint density at radius 1 is 0.679 bits per heavy atom. The first-order valence-electron chi connectivity index (χ1n) is 9.57. The average molecular weight is 385 g/mol. The van der Waals surface area contributed by atoms with Crippen molar-refractivity contribution in [1.29, 1.82) is 0 Å². The third kappa shape index (κ3) is 4.46. The molecular weight excluding hydrogens is 362 g/mol. The van der Waals surface area contributed by atoms with E-state index < -0.39 is 0 Å². The van der Waals surface area contributed by atoms with Crippen molar-refractivity contribution in [1.82, 2.24) is 14.8 Å². The number of aryl methyl sites for hydroxylation is 1. The molecule has 0 amide bonds. The van der Waals surface area contributed by atoms with Gasteiger partial charge in [0.1, 0.15) is 5.82 Å². The van der Waals surface area contributed by atoms with Crippen LogP contribution in [-0.2, 0) is 32.0 Å². The van der Waals surface area contributed by atoms with Gasteiger partial charge in [0.05, 0.1) is 0 Å². The van der Waals surface area contributed by atoms with E-state index in [1.54, 1.807) is 0 Å². The normalized spacial score (nSPS) is 10.9. The lowest BCUT2D eigenvalue weighted by Gasteiger charge is -2.13. The predicted molar refractivity (Wildman–Crippen MR) is 115 cm³/mol. The van der Waals surface area contributed by atoms with E-state index in [2.05, 4.69) is 87.6 Å². The van der Waals surface area contributed by atoms with Crippen LogP contribution < -0.4 is 0 Å². The van der Waals surface area contributed by atoms with Crippen LogP contribution in [0.1, 0.15) is 23.4 Å². The van der Waals surface area contributed by atoms with E-state index in [1.165, 1.54) is 22.3 Å². The van der Waals surface area contributed by atoms with Crippen LogP contribution in [0.25, 0.3) is 11.1 Å². The van der Waals surface area contributed by atoms with Gasteiger partial charge in [0, 0.05) is 18.1 Å². The Morgan fingerprint density at radius 3 is 2.04 bits per heavy atom. The van der Waals surface area contributed by atoms with Gasteiger partial charge in [-0.3, -0.25) is 0 Å². The van der Waals surface area contributed by atoms with Crippen molar-refractivity contribution in [3.63, 3.8) is 0 Å². The summed E-state index contributed by atoms with van der Waals surface area (Å²) in [7, 11) is 0. The molecule has 0 spiro atoms. The van der Waals surface area contributed by atoms with Crippen LogP contribution in [0, 0.1) is 0 Å². The van der Waals surface area contributed by atoms with Gasteiger partial charge in [-0.15, -0.1) is 5.10 Å². The Kier molecular flexibility index (Phi) is 5.78. The molecule has 4 rings (SSSR count). The van der Waals surface area contributed by atoms with Crippen molar-refractivity contribution >= 4 is 12.6 Å². The zero-order valence-corrected chi connectivity index (χ0v) is 16.5. The number of benzene rings is 3. The second-order valence-corrected chi connectivity index (χ2v) is 7.24. The quantitative estimate of drug-likeness (QED) is 0.417. The van der Waals surface area contributed by atoms with Crippen LogP contribution in [0.2, 0.25) is 0 Å². The lowest BCUT2D eigenvalue weighted by Crippen LogP contribution is -2.07. The Morgan fingerprint density at radius 2 is 1.32 bits per heavy atom. The smallest absolute Gasteiger partial charge is 0.135 e. The van der Waals surface area contributed by atoms with E-state index in [4.69, 9.17) is 12.6 Å². The van der Waals surface area contributed by atoms with Gasteiger partial charge >= 0.3 is 0 Å². The molecule has 0 saturated carbocycles. The van der Waals surface area contributed by atoms with Gasteiger partial charge in [-0.2, -0.15) is 5.10 Å². The van der Waals surface area contributed by atoms with Gasteiger partial charge in [-0.05, 0) is 35.1 Å². The first kappa shape index (κ1) is 18.4. The summed E-state index contributed by atoms with van der Waals surface area (Å²) < 4.78 is 2.07. The molecule has 0 radical (unpaired) electrons. The first-order chi connectivity index (χ1) is 13.8. The summed E-state index contributed by atoms with van der Waals surface area (Å²) in [6.45, 7) is 0.845. The van der Waals surface area contributed by atoms with Crippen molar-refractivity contribution in [2.45, 2.75) is 31.0 Å². The van der Waals surface area contributed by atoms with E-state index in [0.717, 1.165) is 31.6 Å². The standard InChI is InChI=1S/C24H23N3S/c28-24-26-25-23(27(24)17-7-10-19-8-3-1-4-9-19)18-20-13-15-22(16-14-20)21-11-5-2-6-12-21/h1-6,8-9,11-16H,7,10,17-18H2,(H,26,28)/p-1. The lowest BCUT2D eigenvalue weighted by molar-refractivity contribution is 0.576. The summed E-state index contributed by atoms with van der Waals surface area (Å²) in [5.41, 5.74) is 5.01. The molecule has 0 N–H and O–H groups in total. The fraction of sp³-hybridized carbons (Fsp3) is 0.167. The Balaban J connectivity index is 1.42. The highest BCUT2D eigenvalue weighted by atomic mass is 32.1. The number of hydrogen-bond acceptors (Lipinski definition) is 3. The molecule has 4 heteroatoms. The second-order valence-electron chi connectivity index (χ2n) is 6.88. The summed E-state index contributed by atoms with van der Waals surface area (Å²) in [4.78, 5) is 0. The number of rotatable bonds is 7. The second kappa shape index (κ2) is 8.81. The molecule has 1 aromatic heterocycles. The van der Waals surface area contributed by atoms with Crippen molar-refractivity contribution < 1.29 is 0 Å². The molecule has 28 heavy (non-hydrogen) atoms. The molecule has 4 aromatic rings. The Bertz CT molecular complexity index is 1010. The highest BCUT2D eigenvalue weighted by Gasteiger charge is 2.07. The largest absolute Gasteiger partial charge is 0.740 e. The molecule has 3 aromatic carbocycles. The molecule has 0 atom stereocenters. The Labute approximate surface area is 171 Å². The number of hydrogen-bond donors (Lipinski definition) is 0. The summed E-state index contributed by atoms with van der Waals surface area (Å²) >= 11 is 5.39. The van der Waals surface area contributed by atoms with Gasteiger partial charge in [-0.25, -0.2) is 0 Å². The topological polar surface area (TPSA) is 30.7 Å². The zero-order chi connectivity index (χ0) is 19.2. The molecule has 0 aliphatic carbocycles. The van der Waals surface area contributed by atoms with Gasteiger partial charge in [0.25, 0.3) is 0 Å². The van der Waals surface area contributed by atoms with Crippen LogP contribution in [0.3, 0.4) is 0 Å². The summed E-state index contributed by atoms with van der Waals surface area (Å²) in [6.07, 6.45) is 2.79. The van der Waals surface area contributed by atoms with Gasteiger partial charge < -0.3 is 17.2 Å². The van der Waals surface area contributed by atoms with E-state index in [9.17, 15) is 0 Å². The maximum absolute atomic E-state index is 5.39. The predicted octanol–water partition coefficient (Wildman–Crippen LogP) is 5.07. The molecule has 0 aliphatic rings. The average Bonchev–Trinajstić information content (AvgIpc) is 3.09. The molecular formula is C24H22N3S-. The van der Waals surface area contributed by atoms with Crippen molar-refractivity contribution in [2.24, 2.45) is 0 Å². The molecule has 0 fully saturated rings. The highest BCUT2D eigenvalue weighted by Crippen LogP contribution is 2.20. The third-order valence-electron chi connectivity index (χ3n) is 4.91. The molecule has 3 nitrogen and oxygen atoms in total. The van der Waals surface area contributed by atoms with Crippen LogP contribution in [0.4, 0.5) is 0 Å². The maximum atomic E-state index is 5.39. The first-order valence-corrected chi connectivity index (χ1v) is 9.98. The van der Waals surface area contributed by atoms with Crippen LogP contribution in [0.15, 0.2) is 90.1 Å². The SMILES string of the molecule is [S-]c1nnc(Cc2ccc(-c3ccccc3)cc2)n1CCCc1ccccc1. The van der Waals surface area contributed by atoms with E-state index in [0.29, 0.717) is 5.16 Å². The number of aromatic nitrogens is 3. The molecule has 0 bridgehead atoms.